The van der Waals surface area contributed by atoms with Crippen molar-refractivity contribution in [2.24, 2.45) is 17.6 Å². The van der Waals surface area contributed by atoms with Crippen LogP contribution in [0, 0.1) is 11.8 Å². The number of nitrogens with two attached hydrogens (primary N) is 1. The normalized spacial score (nSPS) is 19.2. The molecule has 0 radical (unpaired) electrons. The fraction of sp³-hybridized carbons (Fsp3) is 0.941. The average Bonchev–Trinajstić information content (AvgIpc) is 2.50. The number of rotatable bonds is 10. The Morgan fingerprint density at radius 3 is 2.57 bits per heavy atom. The van der Waals surface area contributed by atoms with E-state index in [2.05, 4.69) is 24.1 Å². The van der Waals surface area contributed by atoms with Gasteiger partial charge in [0, 0.05) is 19.5 Å². The van der Waals surface area contributed by atoms with Gasteiger partial charge in [-0.1, -0.05) is 26.7 Å². The lowest BCUT2D eigenvalue weighted by Crippen LogP contribution is -2.38. The van der Waals surface area contributed by atoms with Crippen molar-refractivity contribution in [1.82, 2.24) is 10.2 Å². The molecule has 0 aromatic carbocycles. The molecule has 21 heavy (non-hydrogen) atoms. The summed E-state index contributed by atoms with van der Waals surface area (Å²) in [5.41, 5.74) is 5.59. The molecule has 0 aromatic rings. The highest BCUT2D eigenvalue weighted by molar-refractivity contribution is 5.75. The van der Waals surface area contributed by atoms with Crippen molar-refractivity contribution in [1.29, 1.82) is 0 Å². The fourth-order valence-electron chi connectivity index (χ4n) is 3.15. The summed E-state index contributed by atoms with van der Waals surface area (Å²) in [4.78, 5) is 14.4. The monoisotopic (exact) mass is 297 g/mol. The maximum absolute atomic E-state index is 11.9. The first-order valence-corrected chi connectivity index (χ1v) is 8.84. The van der Waals surface area contributed by atoms with Crippen molar-refractivity contribution in [3.63, 3.8) is 0 Å². The molecule has 1 rings (SSSR count). The highest BCUT2D eigenvalue weighted by atomic mass is 16.1. The standard InChI is InChI=1S/C17H35N3O/c1-3-16(9-10-18)7-8-17(21)19-13-15(2)14-20-11-5-4-6-12-20/h15-16H,3-14,18H2,1-2H3,(H,19,21). The number of carbonyl (C=O) groups is 1. The zero-order chi connectivity index (χ0) is 15.5. The number of piperidine rings is 1. The first kappa shape index (κ1) is 18.4. The van der Waals surface area contributed by atoms with Crippen LogP contribution in [0.15, 0.2) is 0 Å². The number of hydrogen-bond acceptors (Lipinski definition) is 3. The second kappa shape index (κ2) is 11.0. The van der Waals surface area contributed by atoms with Crippen molar-refractivity contribution in [2.75, 3.05) is 32.7 Å². The molecule has 0 aromatic heterocycles. The van der Waals surface area contributed by atoms with Crippen LogP contribution in [0.2, 0.25) is 0 Å². The van der Waals surface area contributed by atoms with Gasteiger partial charge in [-0.3, -0.25) is 4.79 Å². The molecule has 0 aliphatic carbocycles. The van der Waals surface area contributed by atoms with Crippen LogP contribution >= 0.6 is 0 Å². The molecule has 4 nitrogen and oxygen atoms in total. The summed E-state index contributed by atoms with van der Waals surface area (Å²) in [6.45, 7) is 9.53. The molecule has 0 spiro atoms. The zero-order valence-electron chi connectivity index (χ0n) is 14.1. The van der Waals surface area contributed by atoms with E-state index in [0.29, 0.717) is 18.3 Å². The number of amides is 1. The van der Waals surface area contributed by atoms with E-state index >= 15 is 0 Å². The topological polar surface area (TPSA) is 58.4 Å². The van der Waals surface area contributed by atoms with E-state index in [-0.39, 0.29) is 5.91 Å². The molecular formula is C17H35N3O. The van der Waals surface area contributed by atoms with E-state index in [1.165, 1.54) is 32.4 Å². The van der Waals surface area contributed by atoms with Gasteiger partial charge >= 0.3 is 0 Å². The van der Waals surface area contributed by atoms with Crippen LogP contribution in [0.3, 0.4) is 0 Å². The summed E-state index contributed by atoms with van der Waals surface area (Å²) in [5, 5.41) is 3.10. The highest BCUT2D eigenvalue weighted by Crippen LogP contribution is 2.14. The van der Waals surface area contributed by atoms with E-state index in [0.717, 1.165) is 38.9 Å². The highest BCUT2D eigenvalue weighted by Gasteiger charge is 2.14. The SMILES string of the molecule is CCC(CCN)CCC(=O)NCC(C)CN1CCCCC1. The van der Waals surface area contributed by atoms with Gasteiger partial charge in [-0.15, -0.1) is 0 Å². The molecule has 1 aliphatic rings. The van der Waals surface area contributed by atoms with Gasteiger partial charge in [0.25, 0.3) is 0 Å². The van der Waals surface area contributed by atoms with Crippen molar-refractivity contribution in [3.8, 4) is 0 Å². The molecular weight excluding hydrogens is 262 g/mol. The van der Waals surface area contributed by atoms with Crippen LogP contribution in [-0.2, 0) is 4.79 Å². The Hall–Kier alpha value is -0.610. The Morgan fingerprint density at radius 2 is 1.95 bits per heavy atom. The van der Waals surface area contributed by atoms with Gasteiger partial charge in [0.1, 0.15) is 0 Å². The number of likely N-dealkylation sites (tertiary alicyclic amines) is 1. The smallest absolute Gasteiger partial charge is 0.220 e. The Morgan fingerprint density at radius 1 is 1.24 bits per heavy atom. The first-order chi connectivity index (χ1) is 10.2. The van der Waals surface area contributed by atoms with E-state index in [4.69, 9.17) is 5.73 Å². The van der Waals surface area contributed by atoms with Gasteiger partial charge < -0.3 is 16.0 Å². The molecule has 2 atom stereocenters. The molecule has 1 amide bonds. The number of nitrogens with one attached hydrogen (secondary N) is 1. The third-order valence-corrected chi connectivity index (χ3v) is 4.60. The molecule has 1 saturated heterocycles. The summed E-state index contributed by atoms with van der Waals surface area (Å²) < 4.78 is 0. The summed E-state index contributed by atoms with van der Waals surface area (Å²) in [5.74, 6) is 1.35. The second-order valence-electron chi connectivity index (χ2n) is 6.66. The summed E-state index contributed by atoms with van der Waals surface area (Å²) >= 11 is 0. The first-order valence-electron chi connectivity index (χ1n) is 8.84. The van der Waals surface area contributed by atoms with Gasteiger partial charge in [-0.05, 0) is 57.2 Å². The van der Waals surface area contributed by atoms with Gasteiger partial charge in [-0.2, -0.15) is 0 Å². The predicted octanol–water partition coefficient (Wildman–Crippen LogP) is 2.38. The van der Waals surface area contributed by atoms with Gasteiger partial charge in [0.15, 0.2) is 0 Å². The van der Waals surface area contributed by atoms with Gasteiger partial charge in [0.05, 0.1) is 0 Å². The third-order valence-electron chi connectivity index (χ3n) is 4.60. The lowest BCUT2D eigenvalue weighted by atomic mass is 9.96. The molecule has 124 valence electrons. The predicted molar refractivity (Wildman–Crippen MR) is 89.2 cm³/mol. The molecule has 0 saturated carbocycles. The van der Waals surface area contributed by atoms with E-state index in [1.807, 2.05) is 0 Å². The average molecular weight is 297 g/mol. The number of hydrogen-bond donors (Lipinski definition) is 2. The molecule has 1 fully saturated rings. The van der Waals surface area contributed by atoms with Crippen LogP contribution < -0.4 is 11.1 Å². The van der Waals surface area contributed by atoms with E-state index in [1.54, 1.807) is 0 Å². The summed E-state index contributed by atoms with van der Waals surface area (Å²) in [6, 6.07) is 0. The summed E-state index contributed by atoms with van der Waals surface area (Å²) in [7, 11) is 0. The van der Waals surface area contributed by atoms with Gasteiger partial charge in [0.2, 0.25) is 5.91 Å². The Labute approximate surface area is 130 Å². The molecule has 3 N–H and O–H groups in total. The van der Waals surface area contributed by atoms with Crippen LogP contribution in [0.4, 0.5) is 0 Å². The van der Waals surface area contributed by atoms with Crippen LogP contribution in [-0.4, -0.2) is 43.5 Å². The van der Waals surface area contributed by atoms with Crippen LogP contribution in [0.1, 0.15) is 58.8 Å². The minimum atomic E-state index is 0.205. The van der Waals surface area contributed by atoms with Gasteiger partial charge in [-0.25, -0.2) is 0 Å². The van der Waals surface area contributed by atoms with E-state index in [9.17, 15) is 4.79 Å². The zero-order valence-corrected chi connectivity index (χ0v) is 14.1. The molecule has 0 bridgehead atoms. The fourth-order valence-corrected chi connectivity index (χ4v) is 3.15. The third kappa shape index (κ3) is 8.42. The molecule has 1 heterocycles. The van der Waals surface area contributed by atoms with Crippen molar-refractivity contribution in [3.05, 3.63) is 0 Å². The Balaban J connectivity index is 2.10. The Kier molecular flexibility index (Phi) is 9.68. The van der Waals surface area contributed by atoms with Crippen molar-refractivity contribution in [2.45, 2.75) is 58.8 Å². The Bertz CT molecular complexity index is 277. The minimum Gasteiger partial charge on any atom is -0.356 e. The van der Waals surface area contributed by atoms with E-state index < -0.39 is 0 Å². The molecule has 1 aliphatic heterocycles. The minimum absolute atomic E-state index is 0.205. The maximum Gasteiger partial charge on any atom is 0.220 e. The van der Waals surface area contributed by atoms with Crippen molar-refractivity contribution < 1.29 is 4.79 Å². The quantitative estimate of drug-likeness (QED) is 0.651. The lowest BCUT2D eigenvalue weighted by Gasteiger charge is -2.29. The summed E-state index contributed by atoms with van der Waals surface area (Å²) in [6.07, 6.45) is 7.82. The van der Waals surface area contributed by atoms with Crippen molar-refractivity contribution >= 4 is 5.91 Å². The largest absolute Gasteiger partial charge is 0.356 e. The van der Waals surface area contributed by atoms with Crippen LogP contribution in [0.25, 0.3) is 0 Å². The molecule has 2 unspecified atom stereocenters. The number of carbonyl (C=O) groups excluding carboxylic acids is 1. The second-order valence-corrected chi connectivity index (χ2v) is 6.66. The number of nitrogens with zero attached hydrogens (tertiary/aromatic N) is 1. The lowest BCUT2D eigenvalue weighted by molar-refractivity contribution is -0.121. The molecule has 4 heteroatoms. The van der Waals surface area contributed by atoms with Crippen LogP contribution in [0.5, 0.6) is 0 Å². The maximum atomic E-state index is 11.9.